The Morgan fingerprint density at radius 2 is 2.25 bits per heavy atom. The van der Waals surface area contributed by atoms with Gasteiger partial charge < -0.3 is 5.11 Å². The molecule has 0 aliphatic heterocycles. The molecule has 1 N–H and O–H groups in total. The van der Waals surface area contributed by atoms with Gasteiger partial charge in [-0.25, -0.2) is 19.4 Å². The monoisotopic (exact) mass is 238 g/mol. The summed E-state index contributed by atoms with van der Waals surface area (Å²) < 4.78 is 1.39. The van der Waals surface area contributed by atoms with Gasteiger partial charge in [-0.05, 0) is 6.92 Å². The van der Waals surface area contributed by atoms with Crippen LogP contribution in [-0.4, -0.2) is 30.8 Å². The quantitative estimate of drug-likeness (QED) is 0.853. The van der Waals surface area contributed by atoms with E-state index in [1.165, 1.54) is 17.1 Å². The summed E-state index contributed by atoms with van der Waals surface area (Å²) in [4.78, 5) is 18.4. The summed E-state index contributed by atoms with van der Waals surface area (Å²) in [5, 5.41) is 13.2. The van der Waals surface area contributed by atoms with E-state index in [0.29, 0.717) is 16.5 Å². The molecule has 0 atom stereocenters. The van der Waals surface area contributed by atoms with Crippen molar-refractivity contribution in [1.29, 1.82) is 0 Å². The second-order valence-electron chi connectivity index (χ2n) is 3.10. The minimum atomic E-state index is -1.18. The topological polar surface area (TPSA) is 80.9 Å². The van der Waals surface area contributed by atoms with E-state index in [2.05, 4.69) is 15.1 Å². The first-order valence-electron chi connectivity index (χ1n) is 4.36. The Balaban J connectivity index is 2.53. The molecule has 6 nitrogen and oxygen atoms in total. The Bertz CT molecular complexity index is 552. The molecule has 7 heteroatoms. The van der Waals surface area contributed by atoms with Crippen molar-refractivity contribution in [3.05, 3.63) is 35.0 Å². The van der Waals surface area contributed by atoms with Crippen molar-refractivity contribution >= 4 is 17.6 Å². The lowest BCUT2D eigenvalue weighted by Crippen LogP contribution is -2.09. The maximum atomic E-state index is 10.8. The maximum Gasteiger partial charge on any atom is 0.374 e. The lowest BCUT2D eigenvalue weighted by Gasteiger charge is -2.02. The number of hydrogen-bond acceptors (Lipinski definition) is 4. The molecule has 82 valence electrons. The van der Waals surface area contributed by atoms with E-state index in [-0.39, 0.29) is 5.82 Å². The van der Waals surface area contributed by atoms with Crippen molar-refractivity contribution in [3.63, 3.8) is 0 Å². The minimum Gasteiger partial charge on any atom is -0.475 e. The lowest BCUT2D eigenvalue weighted by molar-refractivity contribution is 0.0683. The van der Waals surface area contributed by atoms with Crippen LogP contribution in [0.3, 0.4) is 0 Å². The highest BCUT2D eigenvalue weighted by atomic mass is 35.5. The number of carbonyl (C=O) groups is 1. The molecule has 2 rings (SSSR count). The van der Waals surface area contributed by atoms with Gasteiger partial charge in [0, 0.05) is 11.8 Å². The molecule has 0 radical (unpaired) electrons. The highest BCUT2D eigenvalue weighted by molar-refractivity contribution is 6.30. The predicted octanol–water partition coefficient (Wildman–Crippen LogP) is 1.32. The molecule has 0 bridgehead atoms. The highest BCUT2D eigenvalue weighted by Crippen LogP contribution is 2.10. The molecule has 0 saturated carbocycles. The third-order valence-corrected chi connectivity index (χ3v) is 2.01. The number of aryl methyl sites for hydroxylation is 1. The fourth-order valence-corrected chi connectivity index (χ4v) is 1.33. The number of aromatic nitrogens is 4. The number of rotatable bonds is 2. The molecular weight excluding hydrogens is 232 g/mol. The average Bonchev–Trinajstić information content (AvgIpc) is 2.64. The van der Waals surface area contributed by atoms with Crippen LogP contribution in [-0.2, 0) is 0 Å². The minimum absolute atomic E-state index is 0.262. The second-order valence-corrected chi connectivity index (χ2v) is 3.54. The van der Waals surface area contributed by atoms with Crippen LogP contribution in [0.2, 0.25) is 5.02 Å². The summed E-state index contributed by atoms with van der Waals surface area (Å²) in [5.41, 5.74) is 0.550. The predicted molar refractivity (Wildman–Crippen MR) is 55.9 cm³/mol. The van der Waals surface area contributed by atoms with Crippen molar-refractivity contribution < 1.29 is 9.90 Å². The zero-order valence-electron chi connectivity index (χ0n) is 8.25. The summed E-state index contributed by atoms with van der Waals surface area (Å²) in [7, 11) is 0. The number of nitrogens with zero attached hydrogens (tertiary/aromatic N) is 4. The van der Waals surface area contributed by atoms with E-state index in [9.17, 15) is 4.79 Å². The summed E-state index contributed by atoms with van der Waals surface area (Å²) in [6.07, 6.45) is 2.98. The number of carboxylic acids is 1. The number of hydrogen-bond donors (Lipinski definition) is 1. The van der Waals surface area contributed by atoms with Gasteiger partial charge in [-0.3, -0.25) is 0 Å². The van der Waals surface area contributed by atoms with Crippen LogP contribution in [0.25, 0.3) is 5.82 Å². The van der Waals surface area contributed by atoms with Gasteiger partial charge in [0.1, 0.15) is 0 Å². The summed E-state index contributed by atoms with van der Waals surface area (Å²) in [6.45, 7) is 1.68. The fraction of sp³-hybridized carbons (Fsp3) is 0.111. The summed E-state index contributed by atoms with van der Waals surface area (Å²) in [6, 6.07) is 1.62. The van der Waals surface area contributed by atoms with Crippen molar-refractivity contribution in [2.24, 2.45) is 0 Å². The van der Waals surface area contributed by atoms with Crippen molar-refractivity contribution in [2.45, 2.75) is 6.92 Å². The Morgan fingerprint density at radius 1 is 1.50 bits per heavy atom. The van der Waals surface area contributed by atoms with Crippen LogP contribution < -0.4 is 0 Å². The van der Waals surface area contributed by atoms with Crippen LogP contribution in [0.4, 0.5) is 0 Å². The first-order chi connectivity index (χ1) is 7.56. The molecule has 16 heavy (non-hydrogen) atoms. The highest BCUT2D eigenvalue weighted by Gasteiger charge is 2.10. The normalized spacial score (nSPS) is 10.4. The molecule has 2 aromatic heterocycles. The Kier molecular flexibility index (Phi) is 2.57. The van der Waals surface area contributed by atoms with Gasteiger partial charge in [-0.2, -0.15) is 5.10 Å². The zero-order valence-corrected chi connectivity index (χ0v) is 9.01. The van der Waals surface area contributed by atoms with E-state index in [1.807, 2.05) is 0 Å². The maximum absolute atomic E-state index is 10.8. The molecule has 0 amide bonds. The van der Waals surface area contributed by atoms with Crippen molar-refractivity contribution in [2.75, 3.05) is 0 Å². The van der Waals surface area contributed by atoms with E-state index in [4.69, 9.17) is 16.7 Å². The van der Waals surface area contributed by atoms with Gasteiger partial charge in [-0.15, -0.1) is 0 Å². The smallest absolute Gasteiger partial charge is 0.374 e. The molecule has 0 spiro atoms. The standard InChI is InChI=1S/C9H7ClN4O2/c1-5-2-7(13-8(12-5)9(15)16)14-4-6(10)3-11-14/h2-4H,1H3,(H,15,16). The Morgan fingerprint density at radius 3 is 2.81 bits per heavy atom. The lowest BCUT2D eigenvalue weighted by atomic mass is 10.4. The van der Waals surface area contributed by atoms with E-state index in [1.54, 1.807) is 13.0 Å². The average molecular weight is 239 g/mol. The molecule has 2 aromatic rings. The molecular formula is C9H7ClN4O2. The van der Waals surface area contributed by atoms with Crippen molar-refractivity contribution in [3.8, 4) is 5.82 Å². The Labute approximate surface area is 95.5 Å². The van der Waals surface area contributed by atoms with Gasteiger partial charge in [0.25, 0.3) is 0 Å². The Hall–Kier alpha value is -1.95. The van der Waals surface area contributed by atoms with Gasteiger partial charge in [-0.1, -0.05) is 11.6 Å². The number of aromatic carboxylic acids is 1. The van der Waals surface area contributed by atoms with Crippen LogP contribution in [0.1, 0.15) is 16.3 Å². The summed E-state index contributed by atoms with van der Waals surface area (Å²) in [5.74, 6) is -1.07. The van der Waals surface area contributed by atoms with Crippen LogP contribution in [0.15, 0.2) is 18.5 Å². The van der Waals surface area contributed by atoms with Crippen LogP contribution >= 0.6 is 11.6 Å². The largest absolute Gasteiger partial charge is 0.475 e. The molecule has 0 aromatic carbocycles. The zero-order chi connectivity index (χ0) is 11.7. The first kappa shape index (κ1) is 10.6. The molecule has 0 aliphatic carbocycles. The SMILES string of the molecule is Cc1cc(-n2cc(Cl)cn2)nc(C(=O)O)n1. The van der Waals surface area contributed by atoms with Crippen LogP contribution in [0, 0.1) is 6.92 Å². The molecule has 0 saturated heterocycles. The third kappa shape index (κ3) is 2.01. The molecule has 2 heterocycles. The third-order valence-electron chi connectivity index (χ3n) is 1.82. The van der Waals surface area contributed by atoms with Crippen LogP contribution in [0.5, 0.6) is 0 Å². The fourth-order valence-electron chi connectivity index (χ4n) is 1.19. The van der Waals surface area contributed by atoms with Gasteiger partial charge in [0.2, 0.25) is 5.82 Å². The summed E-state index contributed by atoms with van der Waals surface area (Å²) >= 11 is 5.71. The van der Waals surface area contributed by atoms with Crippen molar-refractivity contribution in [1.82, 2.24) is 19.7 Å². The molecule has 0 aliphatic rings. The molecule has 0 fully saturated rings. The second kappa shape index (κ2) is 3.90. The van der Waals surface area contributed by atoms with E-state index >= 15 is 0 Å². The van der Waals surface area contributed by atoms with Gasteiger partial charge >= 0.3 is 5.97 Å². The number of halogens is 1. The molecule has 0 unspecified atom stereocenters. The van der Waals surface area contributed by atoms with Gasteiger partial charge in [0.15, 0.2) is 5.82 Å². The van der Waals surface area contributed by atoms with E-state index < -0.39 is 5.97 Å². The van der Waals surface area contributed by atoms with Gasteiger partial charge in [0.05, 0.1) is 17.4 Å². The number of carboxylic acid groups (broad SMARTS) is 1. The first-order valence-corrected chi connectivity index (χ1v) is 4.73. The van der Waals surface area contributed by atoms with E-state index in [0.717, 1.165) is 0 Å².